The second-order valence-electron chi connectivity index (χ2n) is 4.51. The maximum atomic E-state index is 9.09. The van der Waals surface area contributed by atoms with Crippen molar-refractivity contribution in [3.05, 3.63) is 41.5 Å². The molecule has 0 amide bonds. The molecule has 0 aliphatic carbocycles. The number of piperidine rings is 1. The summed E-state index contributed by atoms with van der Waals surface area (Å²) in [5, 5.41) is 21.5. The molecule has 0 bridgehead atoms. The monoisotopic (exact) mass is 233 g/mol. The van der Waals surface area contributed by atoms with Crippen LogP contribution in [0.1, 0.15) is 30.3 Å². The Balaban J connectivity index is 2.01. The maximum absolute atomic E-state index is 9.09. The van der Waals surface area contributed by atoms with Crippen molar-refractivity contribution >= 4 is 6.08 Å². The molecule has 3 N–H and O–H groups in total. The first-order chi connectivity index (χ1) is 8.25. The van der Waals surface area contributed by atoms with Gasteiger partial charge >= 0.3 is 0 Å². The van der Waals surface area contributed by atoms with E-state index in [-0.39, 0.29) is 0 Å². The molecule has 0 saturated carbocycles. The summed E-state index contributed by atoms with van der Waals surface area (Å²) in [5.41, 5.74) is 1.55. The van der Waals surface area contributed by atoms with Gasteiger partial charge in [0.2, 0.25) is 0 Å². The van der Waals surface area contributed by atoms with Gasteiger partial charge in [-0.1, -0.05) is 30.4 Å². The lowest BCUT2D eigenvalue weighted by molar-refractivity contribution is -0.0424. The number of aliphatic hydroxyl groups is 2. The molecule has 1 aliphatic rings. The Morgan fingerprint density at radius 1 is 1.35 bits per heavy atom. The van der Waals surface area contributed by atoms with E-state index < -0.39 is 6.29 Å². The van der Waals surface area contributed by atoms with Crippen LogP contribution in [0, 0.1) is 5.92 Å². The van der Waals surface area contributed by atoms with Gasteiger partial charge in [-0.05, 0) is 36.9 Å². The Morgan fingerprint density at radius 3 is 2.94 bits per heavy atom. The number of benzene rings is 1. The van der Waals surface area contributed by atoms with E-state index in [4.69, 9.17) is 10.2 Å². The van der Waals surface area contributed by atoms with Crippen molar-refractivity contribution in [1.29, 1.82) is 0 Å². The summed E-state index contributed by atoms with van der Waals surface area (Å²) in [5.74, 6) is 0.589. The molecule has 1 aromatic rings. The minimum atomic E-state index is -1.39. The lowest BCUT2D eigenvalue weighted by atomic mass is 9.98. The van der Waals surface area contributed by atoms with Crippen molar-refractivity contribution in [2.45, 2.75) is 19.1 Å². The summed E-state index contributed by atoms with van der Waals surface area (Å²) < 4.78 is 0. The molecule has 1 saturated heterocycles. The lowest BCUT2D eigenvalue weighted by Gasteiger charge is -2.19. The second kappa shape index (κ2) is 5.96. The molecule has 1 heterocycles. The van der Waals surface area contributed by atoms with Gasteiger partial charge < -0.3 is 15.5 Å². The molecule has 17 heavy (non-hydrogen) atoms. The molecule has 1 aromatic carbocycles. The zero-order valence-corrected chi connectivity index (χ0v) is 9.84. The normalized spacial score (nSPS) is 21.2. The smallest absolute Gasteiger partial charge is 0.178 e. The molecular weight excluding hydrogens is 214 g/mol. The average molecular weight is 233 g/mol. The Morgan fingerprint density at radius 2 is 2.24 bits per heavy atom. The molecule has 0 spiro atoms. The quantitative estimate of drug-likeness (QED) is 0.696. The molecule has 3 heteroatoms. The number of nitrogens with one attached hydrogen (secondary N) is 1. The van der Waals surface area contributed by atoms with Crippen molar-refractivity contribution in [3.8, 4) is 0 Å². The Labute approximate surface area is 102 Å². The molecule has 1 unspecified atom stereocenters. The van der Waals surface area contributed by atoms with Crippen LogP contribution in [0.4, 0.5) is 0 Å². The van der Waals surface area contributed by atoms with E-state index in [0.717, 1.165) is 18.7 Å². The highest BCUT2D eigenvalue weighted by molar-refractivity contribution is 5.50. The highest BCUT2D eigenvalue weighted by Crippen LogP contribution is 2.16. The molecule has 1 aliphatic heterocycles. The molecule has 2 rings (SSSR count). The highest BCUT2D eigenvalue weighted by atomic mass is 16.5. The topological polar surface area (TPSA) is 52.5 Å². The minimum Gasteiger partial charge on any atom is -0.364 e. The molecular formula is C14H19NO2. The van der Waals surface area contributed by atoms with E-state index in [1.807, 2.05) is 12.1 Å². The zero-order chi connectivity index (χ0) is 12.1. The molecule has 0 aromatic heterocycles. The van der Waals surface area contributed by atoms with Crippen molar-refractivity contribution < 1.29 is 10.2 Å². The van der Waals surface area contributed by atoms with E-state index in [9.17, 15) is 0 Å². The largest absolute Gasteiger partial charge is 0.364 e. The van der Waals surface area contributed by atoms with Gasteiger partial charge in [0.15, 0.2) is 6.29 Å². The van der Waals surface area contributed by atoms with Gasteiger partial charge in [-0.25, -0.2) is 0 Å². The first kappa shape index (κ1) is 12.3. The van der Waals surface area contributed by atoms with Crippen molar-refractivity contribution in [2.75, 3.05) is 13.1 Å². The predicted molar refractivity (Wildman–Crippen MR) is 68.2 cm³/mol. The van der Waals surface area contributed by atoms with Crippen molar-refractivity contribution in [3.63, 3.8) is 0 Å². The maximum Gasteiger partial charge on any atom is 0.178 e. The molecule has 3 nitrogen and oxygen atoms in total. The van der Waals surface area contributed by atoms with Gasteiger partial charge in [-0.15, -0.1) is 0 Å². The van der Waals surface area contributed by atoms with Crippen LogP contribution >= 0.6 is 0 Å². The number of aliphatic hydroxyl groups excluding tert-OH is 1. The zero-order valence-electron chi connectivity index (χ0n) is 9.84. The predicted octanol–water partition coefficient (Wildman–Crippen LogP) is 1.68. The summed E-state index contributed by atoms with van der Waals surface area (Å²) in [6.07, 6.45) is 5.33. The molecule has 92 valence electrons. The molecule has 1 atom stereocenters. The third-order valence-corrected chi connectivity index (χ3v) is 3.10. The van der Waals surface area contributed by atoms with Gasteiger partial charge in [0.25, 0.3) is 0 Å². The third kappa shape index (κ3) is 3.66. The van der Waals surface area contributed by atoms with E-state index >= 15 is 0 Å². The molecule has 1 fully saturated rings. The summed E-state index contributed by atoms with van der Waals surface area (Å²) >= 11 is 0. The van der Waals surface area contributed by atoms with Crippen LogP contribution in [-0.2, 0) is 0 Å². The van der Waals surface area contributed by atoms with Crippen LogP contribution < -0.4 is 5.32 Å². The number of hydrogen-bond acceptors (Lipinski definition) is 3. The highest BCUT2D eigenvalue weighted by Gasteiger charge is 2.09. The van der Waals surface area contributed by atoms with Gasteiger partial charge in [-0.2, -0.15) is 0 Å². The van der Waals surface area contributed by atoms with E-state index in [2.05, 4.69) is 17.5 Å². The van der Waals surface area contributed by atoms with Crippen LogP contribution in [-0.4, -0.2) is 23.3 Å². The fourth-order valence-corrected chi connectivity index (χ4v) is 2.11. The van der Waals surface area contributed by atoms with Crippen LogP contribution in [0.15, 0.2) is 30.3 Å². The Hall–Kier alpha value is -1.16. The van der Waals surface area contributed by atoms with Gasteiger partial charge in [-0.3, -0.25) is 0 Å². The van der Waals surface area contributed by atoms with E-state index in [1.165, 1.54) is 12.8 Å². The lowest BCUT2D eigenvalue weighted by Crippen LogP contribution is -2.28. The molecule has 0 radical (unpaired) electrons. The van der Waals surface area contributed by atoms with Crippen molar-refractivity contribution in [1.82, 2.24) is 5.32 Å². The second-order valence-corrected chi connectivity index (χ2v) is 4.51. The summed E-state index contributed by atoms with van der Waals surface area (Å²) in [4.78, 5) is 0. The van der Waals surface area contributed by atoms with Crippen LogP contribution in [0.2, 0.25) is 0 Å². The van der Waals surface area contributed by atoms with E-state index in [0.29, 0.717) is 11.5 Å². The van der Waals surface area contributed by atoms with Gasteiger partial charge in [0.05, 0.1) is 0 Å². The SMILES string of the molecule is OC(O)c1cccc(C=CC2CCCNC2)c1. The van der Waals surface area contributed by atoms with Gasteiger partial charge in [0, 0.05) is 12.1 Å². The fourth-order valence-electron chi connectivity index (χ4n) is 2.11. The number of hydrogen-bond donors (Lipinski definition) is 3. The van der Waals surface area contributed by atoms with Crippen LogP contribution in [0.25, 0.3) is 6.08 Å². The average Bonchev–Trinajstić information content (AvgIpc) is 2.38. The number of rotatable bonds is 3. The third-order valence-electron chi connectivity index (χ3n) is 3.10. The van der Waals surface area contributed by atoms with E-state index in [1.54, 1.807) is 12.1 Å². The first-order valence-corrected chi connectivity index (χ1v) is 6.11. The first-order valence-electron chi connectivity index (χ1n) is 6.11. The Bertz CT molecular complexity index is 382. The Kier molecular flexibility index (Phi) is 4.31. The van der Waals surface area contributed by atoms with Gasteiger partial charge in [0.1, 0.15) is 0 Å². The summed E-state index contributed by atoms with van der Waals surface area (Å²) in [6.45, 7) is 2.16. The fraction of sp³-hybridized carbons (Fsp3) is 0.429. The summed E-state index contributed by atoms with van der Waals surface area (Å²) in [6, 6.07) is 7.33. The van der Waals surface area contributed by atoms with Crippen LogP contribution in [0.3, 0.4) is 0 Å². The minimum absolute atomic E-state index is 0.536. The van der Waals surface area contributed by atoms with Crippen LogP contribution in [0.5, 0.6) is 0 Å². The van der Waals surface area contributed by atoms with Crippen molar-refractivity contribution in [2.24, 2.45) is 5.92 Å². The standard InChI is InChI=1S/C14H19NO2/c16-14(17)13-5-1-3-11(9-13)6-7-12-4-2-8-15-10-12/h1,3,5-7,9,12,14-17H,2,4,8,10H2. The summed E-state index contributed by atoms with van der Waals surface area (Å²) in [7, 11) is 0.